The van der Waals surface area contributed by atoms with E-state index in [0.717, 1.165) is 31.2 Å². The Morgan fingerprint density at radius 3 is 2.89 bits per heavy atom. The summed E-state index contributed by atoms with van der Waals surface area (Å²) in [4.78, 5) is 0. The van der Waals surface area contributed by atoms with Gasteiger partial charge in [0.1, 0.15) is 9.84 Å². The average molecular weight is 285 g/mol. The lowest BCUT2D eigenvalue weighted by Gasteiger charge is -2.28. The van der Waals surface area contributed by atoms with Crippen molar-refractivity contribution in [2.75, 3.05) is 6.26 Å². The maximum absolute atomic E-state index is 11.7. The zero-order chi connectivity index (χ0) is 14.0. The van der Waals surface area contributed by atoms with Crippen molar-refractivity contribution < 1.29 is 8.42 Å². The van der Waals surface area contributed by atoms with Crippen molar-refractivity contribution >= 4 is 9.84 Å². The molecule has 6 heteroatoms. The van der Waals surface area contributed by atoms with E-state index in [4.69, 9.17) is 5.73 Å². The number of aromatic nitrogens is 2. The van der Waals surface area contributed by atoms with Crippen molar-refractivity contribution in [2.24, 2.45) is 5.73 Å². The molecule has 1 saturated carbocycles. The maximum Gasteiger partial charge on any atom is 0.150 e. The Morgan fingerprint density at radius 1 is 1.53 bits per heavy atom. The van der Waals surface area contributed by atoms with Crippen LogP contribution in [0.3, 0.4) is 0 Å². The largest absolute Gasteiger partial charge is 0.328 e. The first-order valence-corrected chi connectivity index (χ1v) is 8.79. The third-order valence-electron chi connectivity index (χ3n) is 3.79. The first-order valence-electron chi connectivity index (χ1n) is 6.83. The number of hydrogen-bond donors (Lipinski definition) is 1. The summed E-state index contributed by atoms with van der Waals surface area (Å²) in [5, 5.41) is 4.16. The van der Waals surface area contributed by atoms with Crippen LogP contribution in [0.15, 0.2) is 12.4 Å². The topological polar surface area (TPSA) is 78.0 Å². The molecule has 1 aliphatic carbocycles. The molecule has 0 aromatic carbocycles. The molecule has 1 aromatic rings. The van der Waals surface area contributed by atoms with Crippen LogP contribution in [0.5, 0.6) is 0 Å². The van der Waals surface area contributed by atoms with Gasteiger partial charge in [-0.25, -0.2) is 8.42 Å². The van der Waals surface area contributed by atoms with Gasteiger partial charge in [-0.2, -0.15) is 5.10 Å². The molecule has 108 valence electrons. The fourth-order valence-electron chi connectivity index (χ4n) is 2.80. The van der Waals surface area contributed by atoms with Crippen LogP contribution in [-0.4, -0.2) is 35.7 Å². The summed E-state index contributed by atoms with van der Waals surface area (Å²) in [6, 6.07) is 0.322. The van der Waals surface area contributed by atoms with Gasteiger partial charge in [0.25, 0.3) is 0 Å². The number of nitrogens with two attached hydrogens (primary N) is 1. The van der Waals surface area contributed by atoms with Crippen LogP contribution in [-0.2, 0) is 16.3 Å². The van der Waals surface area contributed by atoms with Crippen LogP contribution in [0, 0.1) is 0 Å². The third-order valence-corrected chi connectivity index (χ3v) is 5.43. The molecule has 0 bridgehead atoms. The van der Waals surface area contributed by atoms with Crippen LogP contribution >= 0.6 is 0 Å². The Hall–Kier alpha value is -0.880. The van der Waals surface area contributed by atoms with Crippen LogP contribution in [0.1, 0.15) is 44.2 Å². The maximum atomic E-state index is 11.7. The summed E-state index contributed by atoms with van der Waals surface area (Å²) >= 11 is 0. The molecule has 5 nitrogen and oxygen atoms in total. The molecule has 0 saturated heterocycles. The molecule has 1 aliphatic rings. The summed E-state index contributed by atoms with van der Waals surface area (Å²) in [5.41, 5.74) is 6.90. The lowest BCUT2D eigenvalue weighted by atomic mass is 9.95. The molecule has 1 aromatic heterocycles. The monoisotopic (exact) mass is 285 g/mol. The van der Waals surface area contributed by atoms with Gasteiger partial charge in [-0.05, 0) is 38.2 Å². The first kappa shape index (κ1) is 14.5. The highest BCUT2D eigenvalue weighted by Gasteiger charge is 2.30. The Balaban J connectivity index is 2.07. The highest BCUT2D eigenvalue weighted by Crippen LogP contribution is 2.31. The lowest BCUT2D eigenvalue weighted by molar-refractivity contribution is 0.329. The van der Waals surface area contributed by atoms with Gasteiger partial charge in [-0.3, -0.25) is 4.68 Å². The van der Waals surface area contributed by atoms with Gasteiger partial charge in [0.2, 0.25) is 0 Å². The van der Waals surface area contributed by atoms with Crippen molar-refractivity contribution in [1.29, 1.82) is 0 Å². The molecule has 0 spiro atoms. The molecule has 3 atom stereocenters. The fourth-order valence-corrected chi connectivity index (χ4v) is 3.97. The lowest BCUT2D eigenvalue weighted by Crippen LogP contribution is -2.29. The molecule has 1 heterocycles. The Kier molecular flexibility index (Phi) is 4.30. The van der Waals surface area contributed by atoms with E-state index in [1.807, 2.05) is 24.0 Å². The second kappa shape index (κ2) is 5.63. The van der Waals surface area contributed by atoms with Crippen molar-refractivity contribution in [3.63, 3.8) is 0 Å². The number of hydrogen-bond acceptors (Lipinski definition) is 4. The molecular formula is C13H23N3O2S. The first-order chi connectivity index (χ1) is 8.86. The molecule has 0 amide bonds. The van der Waals surface area contributed by atoms with Gasteiger partial charge in [0, 0.05) is 18.5 Å². The predicted molar refractivity (Wildman–Crippen MR) is 75.7 cm³/mol. The second-order valence-corrected chi connectivity index (χ2v) is 8.11. The predicted octanol–water partition coefficient (Wildman–Crippen LogP) is 1.30. The normalized spacial score (nSPS) is 26.3. The Bertz CT molecular complexity index is 522. The highest BCUT2D eigenvalue weighted by atomic mass is 32.2. The van der Waals surface area contributed by atoms with E-state index < -0.39 is 9.84 Å². The molecule has 2 rings (SSSR count). The van der Waals surface area contributed by atoms with Crippen LogP contribution in [0.2, 0.25) is 0 Å². The summed E-state index contributed by atoms with van der Waals surface area (Å²) in [7, 11) is -2.94. The van der Waals surface area contributed by atoms with Gasteiger partial charge >= 0.3 is 0 Å². The van der Waals surface area contributed by atoms with Gasteiger partial charge in [-0.15, -0.1) is 0 Å². The average Bonchev–Trinajstić information content (AvgIpc) is 2.76. The minimum absolute atomic E-state index is 0.118. The van der Waals surface area contributed by atoms with Crippen LogP contribution < -0.4 is 5.73 Å². The van der Waals surface area contributed by atoms with E-state index in [9.17, 15) is 8.42 Å². The quantitative estimate of drug-likeness (QED) is 0.904. The molecule has 1 fully saturated rings. The molecular weight excluding hydrogens is 262 g/mol. The minimum atomic E-state index is -2.94. The van der Waals surface area contributed by atoms with Crippen molar-refractivity contribution in [2.45, 2.75) is 56.4 Å². The number of nitrogens with zero attached hydrogens (tertiary/aromatic N) is 2. The molecule has 3 unspecified atom stereocenters. The van der Waals surface area contributed by atoms with Crippen LogP contribution in [0.4, 0.5) is 0 Å². The summed E-state index contributed by atoms with van der Waals surface area (Å²) < 4.78 is 25.3. The molecule has 0 aliphatic heterocycles. The van der Waals surface area contributed by atoms with E-state index in [2.05, 4.69) is 5.10 Å². The second-order valence-electron chi connectivity index (χ2n) is 5.78. The van der Waals surface area contributed by atoms with Crippen molar-refractivity contribution in [1.82, 2.24) is 9.78 Å². The van der Waals surface area contributed by atoms with Crippen molar-refractivity contribution in [3.8, 4) is 0 Å². The zero-order valence-electron chi connectivity index (χ0n) is 11.6. The standard InChI is InChI=1S/C13H23N3O2S/c1-10(14)6-11-8-15-16(9-11)12-4-3-5-13(7-12)19(2,17)18/h8-10,12-13H,3-7,14H2,1-2H3. The van der Waals surface area contributed by atoms with E-state index >= 15 is 0 Å². The van der Waals surface area contributed by atoms with Crippen molar-refractivity contribution in [3.05, 3.63) is 18.0 Å². The van der Waals surface area contributed by atoms with E-state index in [0.29, 0.717) is 6.42 Å². The summed E-state index contributed by atoms with van der Waals surface area (Å²) in [6.07, 6.45) is 9.41. The fraction of sp³-hybridized carbons (Fsp3) is 0.769. The SMILES string of the molecule is CC(N)Cc1cnn(C2CCCC(S(C)(=O)=O)C2)c1. The smallest absolute Gasteiger partial charge is 0.150 e. The molecule has 19 heavy (non-hydrogen) atoms. The Labute approximate surface area is 115 Å². The van der Waals surface area contributed by atoms with Gasteiger partial charge in [-0.1, -0.05) is 6.42 Å². The van der Waals surface area contributed by atoms with Gasteiger partial charge in [0.15, 0.2) is 0 Å². The minimum Gasteiger partial charge on any atom is -0.328 e. The van der Waals surface area contributed by atoms with E-state index in [-0.39, 0.29) is 17.3 Å². The summed E-state index contributed by atoms with van der Waals surface area (Å²) in [6.45, 7) is 1.97. The van der Waals surface area contributed by atoms with E-state index in [1.165, 1.54) is 6.26 Å². The number of rotatable bonds is 4. The number of sulfone groups is 1. The van der Waals surface area contributed by atoms with Gasteiger partial charge < -0.3 is 5.73 Å². The van der Waals surface area contributed by atoms with E-state index in [1.54, 1.807) is 0 Å². The summed E-state index contributed by atoms with van der Waals surface area (Å²) in [5.74, 6) is 0. The Morgan fingerprint density at radius 2 is 2.26 bits per heavy atom. The zero-order valence-corrected chi connectivity index (χ0v) is 12.4. The third kappa shape index (κ3) is 3.79. The highest BCUT2D eigenvalue weighted by molar-refractivity contribution is 7.91. The molecule has 0 radical (unpaired) electrons. The molecule has 2 N–H and O–H groups in total. The van der Waals surface area contributed by atoms with Crippen LogP contribution in [0.25, 0.3) is 0 Å². The van der Waals surface area contributed by atoms with Gasteiger partial charge in [0.05, 0.1) is 17.5 Å².